The molecule has 0 unspecified atom stereocenters. The molecule has 0 amide bonds. The van der Waals surface area contributed by atoms with E-state index in [1.165, 1.54) is 77.0 Å². The Morgan fingerprint density at radius 2 is 0.944 bits per heavy atom. The van der Waals surface area contributed by atoms with Crippen LogP contribution in [0.4, 0.5) is 0 Å². The van der Waals surface area contributed by atoms with Crippen LogP contribution in [0.15, 0.2) is 0 Å². The Labute approximate surface area is 125 Å². The summed E-state index contributed by atoms with van der Waals surface area (Å²) in [4.78, 5) is 10.1. The molecule has 0 aliphatic rings. The van der Waals surface area contributed by atoms with E-state index < -0.39 is 0 Å². The van der Waals surface area contributed by atoms with Crippen LogP contribution in [-0.4, -0.2) is 6.29 Å². The molecule has 0 N–H and O–H groups in total. The molecule has 0 aromatic rings. The minimum Gasteiger partial charge on any atom is -0.303 e. The number of hydrogen-bond donors (Lipinski definition) is 0. The molecule has 0 aliphatic carbocycles. The Balaban J connectivity index is 0. The zero-order valence-electron chi connectivity index (χ0n) is 12.2. The molecule has 0 spiro atoms. The maximum Gasteiger partial charge on any atom is 0.119 e. The average Bonchev–Trinajstić information content (AvgIpc) is 2.35. The summed E-state index contributed by atoms with van der Waals surface area (Å²) in [7, 11) is 0. The molecular weight excluding hydrogens is 272 g/mol. The molecule has 1 radical (unpaired) electrons. The molecule has 113 valence electrons. The van der Waals surface area contributed by atoms with E-state index in [-0.39, 0.29) is 17.1 Å². The Hall–Kier alpha value is 0.189. The number of aldehydes is 1. The first-order valence-corrected chi connectivity index (χ1v) is 7.85. The molecule has 0 saturated heterocycles. The maximum atomic E-state index is 10.1. The van der Waals surface area contributed by atoms with Crippen LogP contribution in [0.2, 0.25) is 0 Å². The number of unbranched alkanes of at least 4 members (excludes halogenated alkanes) is 13. The molecule has 0 aromatic carbocycles. The van der Waals surface area contributed by atoms with Gasteiger partial charge in [-0.25, -0.2) is 0 Å². The van der Waals surface area contributed by atoms with Crippen LogP contribution in [-0.2, 0) is 21.9 Å². The third-order valence-corrected chi connectivity index (χ3v) is 3.43. The molecule has 1 nitrogen and oxygen atoms in total. The molecule has 0 rings (SSSR count). The molecule has 0 bridgehead atoms. The van der Waals surface area contributed by atoms with E-state index in [2.05, 4.69) is 6.92 Å². The van der Waals surface area contributed by atoms with Crippen LogP contribution in [0, 0.1) is 0 Å². The molecule has 0 aliphatic heterocycles. The largest absolute Gasteiger partial charge is 0.303 e. The van der Waals surface area contributed by atoms with E-state index >= 15 is 0 Å². The number of carbonyl (C=O) groups is 1. The first-order valence-electron chi connectivity index (χ1n) is 7.85. The summed E-state index contributed by atoms with van der Waals surface area (Å²) in [6, 6.07) is 0. The van der Waals surface area contributed by atoms with Crippen LogP contribution in [0.5, 0.6) is 0 Å². The standard InChI is InChI=1S/C16H32O.Cu/c1-2-3-4-5-6-7-8-9-10-11-12-13-14-15-16-17;/h16H,2-15H2,1H3;. The fourth-order valence-electron chi connectivity index (χ4n) is 2.25. The first kappa shape index (κ1) is 20.5. The summed E-state index contributed by atoms with van der Waals surface area (Å²) in [5, 5.41) is 0. The van der Waals surface area contributed by atoms with Crippen LogP contribution >= 0.6 is 0 Å². The number of rotatable bonds is 14. The third kappa shape index (κ3) is 18.6. The van der Waals surface area contributed by atoms with Gasteiger partial charge in [0.05, 0.1) is 0 Å². The molecule has 0 atom stereocenters. The van der Waals surface area contributed by atoms with Gasteiger partial charge in [0.1, 0.15) is 6.29 Å². The summed E-state index contributed by atoms with van der Waals surface area (Å²) >= 11 is 0. The van der Waals surface area contributed by atoms with Gasteiger partial charge in [-0.3, -0.25) is 0 Å². The fraction of sp³-hybridized carbons (Fsp3) is 0.938. The average molecular weight is 304 g/mol. The molecule has 0 saturated carbocycles. The summed E-state index contributed by atoms with van der Waals surface area (Å²) in [6.07, 6.45) is 19.6. The number of hydrogen-bond acceptors (Lipinski definition) is 1. The topological polar surface area (TPSA) is 17.1 Å². The van der Waals surface area contributed by atoms with Gasteiger partial charge in [-0.2, -0.15) is 0 Å². The maximum absolute atomic E-state index is 10.1. The summed E-state index contributed by atoms with van der Waals surface area (Å²) < 4.78 is 0. The zero-order chi connectivity index (χ0) is 12.6. The van der Waals surface area contributed by atoms with E-state index in [4.69, 9.17) is 0 Å². The molecule has 0 aromatic heterocycles. The van der Waals surface area contributed by atoms with Crippen LogP contribution < -0.4 is 0 Å². The minimum atomic E-state index is 0. The van der Waals surface area contributed by atoms with E-state index in [0.29, 0.717) is 0 Å². The van der Waals surface area contributed by atoms with Crippen molar-refractivity contribution in [3.05, 3.63) is 0 Å². The second kappa shape index (κ2) is 19.5. The molecule has 0 fully saturated rings. The van der Waals surface area contributed by atoms with E-state index in [1.807, 2.05) is 0 Å². The summed E-state index contributed by atoms with van der Waals surface area (Å²) in [6.45, 7) is 2.27. The van der Waals surface area contributed by atoms with Gasteiger partial charge >= 0.3 is 0 Å². The van der Waals surface area contributed by atoms with E-state index in [1.54, 1.807) is 0 Å². The Kier molecular flexibility index (Phi) is 22.2. The van der Waals surface area contributed by atoms with Gasteiger partial charge in [0, 0.05) is 23.5 Å². The van der Waals surface area contributed by atoms with Crippen molar-refractivity contribution in [1.29, 1.82) is 0 Å². The third-order valence-electron chi connectivity index (χ3n) is 3.43. The summed E-state index contributed by atoms with van der Waals surface area (Å²) in [5.41, 5.74) is 0. The van der Waals surface area contributed by atoms with Crippen molar-refractivity contribution in [2.45, 2.75) is 96.8 Å². The monoisotopic (exact) mass is 303 g/mol. The predicted molar refractivity (Wildman–Crippen MR) is 76.4 cm³/mol. The van der Waals surface area contributed by atoms with Crippen molar-refractivity contribution >= 4 is 6.29 Å². The van der Waals surface area contributed by atoms with Crippen molar-refractivity contribution in [1.82, 2.24) is 0 Å². The van der Waals surface area contributed by atoms with Gasteiger partial charge in [0.2, 0.25) is 0 Å². The van der Waals surface area contributed by atoms with E-state index in [9.17, 15) is 4.79 Å². The predicted octanol–water partition coefficient (Wildman–Crippen LogP) is 5.66. The van der Waals surface area contributed by atoms with Crippen LogP contribution in [0.3, 0.4) is 0 Å². The second-order valence-corrected chi connectivity index (χ2v) is 5.20. The van der Waals surface area contributed by atoms with Crippen molar-refractivity contribution in [2.24, 2.45) is 0 Å². The smallest absolute Gasteiger partial charge is 0.119 e. The zero-order valence-corrected chi connectivity index (χ0v) is 13.1. The fourth-order valence-corrected chi connectivity index (χ4v) is 2.25. The van der Waals surface area contributed by atoms with Crippen molar-refractivity contribution < 1.29 is 21.9 Å². The SMILES string of the molecule is CCCCCCCCCCCCCCCC=O.[Cu]. The van der Waals surface area contributed by atoms with Gasteiger partial charge in [-0.15, -0.1) is 0 Å². The Bertz CT molecular complexity index is 148. The summed E-state index contributed by atoms with van der Waals surface area (Å²) in [5.74, 6) is 0. The van der Waals surface area contributed by atoms with Gasteiger partial charge < -0.3 is 4.79 Å². The normalized spacial score (nSPS) is 10.1. The Morgan fingerprint density at radius 3 is 1.28 bits per heavy atom. The van der Waals surface area contributed by atoms with Gasteiger partial charge in [-0.05, 0) is 6.42 Å². The van der Waals surface area contributed by atoms with Gasteiger partial charge in [-0.1, -0.05) is 84.0 Å². The minimum absolute atomic E-state index is 0. The Morgan fingerprint density at radius 1 is 0.611 bits per heavy atom. The van der Waals surface area contributed by atoms with Crippen LogP contribution in [0.25, 0.3) is 0 Å². The molecule has 2 heteroatoms. The molecule has 0 heterocycles. The van der Waals surface area contributed by atoms with Crippen LogP contribution in [0.1, 0.15) is 96.8 Å². The number of carbonyl (C=O) groups excluding carboxylic acids is 1. The second-order valence-electron chi connectivity index (χ2n) is 5.20. The quantitative estimate of drug-likeness (QED) is 0.230. The van der Waals surface area contributed by atoms with Crippen molar-refractivity contribution in [2.75, 3.05) is 0 Å². The van der Waals surface area contributed by atoms with Crippen molar-refractivity contribution in [3.63, 3.8) is 0 Å². The molecule has 18 heavy (non-hydrogen) atoms. The van der Waals surface area contributed by atoms with Gasteiger partial charge in [0.15, 0.2) is 0 Å². The van der Waals surface area contributed by atoms with Gasteiger partial charge in [0.25, 0.3) is 0 Å². The van der Waals surface area contributed by atoms with Crippen molar-refractivity contribution in [3.8, 4) is 0 Å². The van der Waals surface area contributed by atoms with E-state index in [0.717, 1.165) is 19.1 Å². The molecular formula is C16H32CuO. The first-order chi connectivity index (χ1) is 8.41.